The van der Waals surface area contributed by atoms with E-state index in [2.05, 4.69) is 11.4 Å². The van der Waals surface area contributed by atoms with Gasteiger partial charge in [0, 0.05) is 30.5 Å². The molecule has 2 aliphatic rings. The highest BCUT2D eigenvalue weighted by Gasteiger charge is 2.32. The van der Waals surface area contributed by atoms with Crippen molar-refractivity contribution in [3.63, 3.8) is 0 Å². The topological polar surface area (TPSA) is 79.0 Å². The number of ether oxygens (including phenoxy) is 1. The van der Waals surface area contributed by atoms with Crippen LogP contribution in [0.3, 0.4) is 0 Å². The molecular formula is C23H29N3O4S. The Bertz CT molecular complexity index is 1060. The van der Waals surface area contributed by atoms with Crippen LogP contribution in [0.2, 0.25) is 0 Å². The molecule has 0 bridgehead atoms. The van der Waals surface area contributed by atoms with Crippen LogP contribution in [-0.4, -0.2) is 50.9 Å². The van der Waals surface area contributed by atoms with Gasteiger partial charge >= 0.3 is 0 Å². The van der Waals surface area contributed by atoms with E-state index in [0.717, 1.165) is 24.9 Å². The van der Waals surface area contributed by atoms with E-state index in [-0.39, 0.29) is 23.4 Å². The molecule has 0 aromatic heterocycles. The number of anilines is 2. The molecule has 0 spiro atoms. The monoisotopic (exact) mass is 443 g/mol. The van der Waals surface area contributed by atoms with Crippen LogP contribution in [-0.2, 0) is 21.2 Å². The minimum Gasteiger partial charge on any atom is -0.492 e. The smallest absolute Gasteiger partial charge is 0.246 e. The van der Waals surface area contributed by atoms with Gasteiger partial charge in [0.1, 0.15) is 10.6 Å². The largest absolute Gasteiger partial charge is 0.492 e. The minimum atomic E-state index is -3.64. The highest BCUT2D eigenvalue weighted by molar-refractivity contribution is 7.89. The van der Waals surface area contributed by atoms with Gasteiger partial charge in [0.05, 0.1) is 13.2 Å². The lowest BCUT2D eigenvalue weighted by atomic mass is 10.1. The molecule has 1 saturated heterocycles. The lowest BCUT2D eigenvalue weighted by Crippen LogP contribution is -2.39. The maximum Gasteiger partial charge on any atom is 0.246 e. The summed E-state index contributed by atoms with van der Waals surface area (Å²) in [5.74, 6) is 0.295. The van der Waals surface area contributed by atoms with E-state index in [1.54, 1.807) is 18.2 Å². The molecule has 2 aromatic rings. The summed E-state index contributed by atoms with van der Waals surface area (Å²) >= 11 is 0. The highest BCUT2D eigenvalue weighted by Crippen LogP contribution is 2.33. The second kappa shape index (κ2) is 8.88. The van der Waals surface area contributed by atoms with E-state index < -0.39 is 10.0 Å². The number of carbonyl (C=O) groups excluding carboxylic acids is 1. The zero-order chi connectivity index (χ0) is 22.0. The minimum absolute atomic E-state index is 0.0460. The third kappa shape index (κ3) is 4.27. The van der Waals surface area contributed by atoms with E-state index in [1.807, 2.05) is 36.9 Å². The molecule has 0 aliphatic carbocycles. The number of para-hydroxylation sites is 1. The van der Waals surface area contributed by atoms with Crippen molar-refractivity contribution >= 4 is 27.3 Å². The molecule has 0 unspecified atom stereocenters. The van der Waals surface area contributed by atoms with Crippen molar-refractivity contribution in [1.29, 1.82) is 0 Å². The van der Waals surface area contributed by atoms with Gasteiger partial charge in [-0.25, -0.2) is 8.42 Å². The van der Waals surface area contributed by atoms with Gasteiger partial charge in [0.2, 0.25) is 15.9 Å². The summed E-state index contributed by atoms with van der Waals surface area (Å²) in [6.45, 7) is 5.37. The lowest BCUT2D eigenvalue weighted by Gasteiger charge is -2.23. The zero-order valence-corrected chi connectivity index (χ0v) is 18.8. The third-order valence-corrected chi connectivity index (χ3v) is 7.77. The molecule has 7 nitrogen and oxygen atoms in total. The molecule has 8 heteroatoms. The SMILES string of the molecule is CCOc1ccc(NCC(=O)N2c3ccccc3C[C@@H]2C)cc1S(=O)(=O)N1CCCC1. The number of carbonyl (C=O) groups is 1. The summed E-state index contributed by atoms with van der Waals surface area (Å²) in [6.07, 6.45) is 2.57. The summed E-state index contributed by atoms with van der Waals surface area (Å²) in [5, 5.41) is 3.12. The Morgan fingerprint density at radius 2 is 1.90 bits per heavy atom. The Labute approximate surface area is 184 Å². The number of hydrogen-bond acceptors (Lipinski definition) is 5. The Balaban J connectivity index is 1.53. The Morgan fingerprint density at radius 3 is 2.65 bits per heavy atom. The van der Waals surface area contributed by atoms with E-state index in [0.29, 0.717) is 31.1 Å². The summed E-state index contributed by atoms with van der Waals surface area (Å²) < 4.78 is 33.4. The summed E-state index contributed by atoms with van der Waals surface area (Å²) in [5.41, 5.74) is 2.70. The average Bonchev–Trinajstić information content (AvgIpc) is 3.40. The Hall–Kier alpha value is -2.58. The molecule has 166 valence electrons. The van der Waals surface area contributed by atoms with E-state index in [4.69, 9.17) is 4.74 Å². The summed E-state index contributed by atoms with van der Waals surface area (Å²) in [7, 11) is -3.64. The van der Waals surface area contributed by atoms with Gasteiger partial charge in [-0.15, -0.1) is 0 Å². The van der Waals surface area contributed by atoms with Crippen LogP contribution in [0.5, 0.6) is 5.75 Å². The molecule has 4 rings (SSSR count). The quantitative estimate of drug-likeness (QED) is 0.711. The fourth-order valence-corrected chi connectivity index (χ4v) is 6.04. The number of fused-ring (bicyclic) bond motifs is 1. The van der Waals surface area contributed by atoms with Crippen molar-refractivity contribution in [2.75, 3.05) is 36.5 Å². The number of hydrogen-bond donors (Lipinski definition) is 1. The fourth-order valence-electron chi connectivity index (χ4n) is 4.37. The van der Waals surface area contributed by atoms with Crippen molar-refractivity contribution in [1.82, 2.24) is 4.31 Å². The van der Waals surface area contributed by atoms with Crippen molar-refractivity contribution in [3.05, 3.63) is 48.0 Å². The van der Waals surface area contributed by atoms with Crippen LogP contribution in [0.1, 0.15) is 32.3 Å². The van der Waals surface area contributed by atoms with Crippen LogP contribution < -0.4 is 15.0 Å². The van der Waals surface area contributed by atoms with Crippen molar-refractivity contribution in [2.24, 2.45) is 0 Å². The summed E-state index contributed by atoms with van der Waals surface area (Å²) in [4.78, 5) is 14.9. The Kier molecular flexibility index (Phi) is 6.20. The van der Waals surface area contributed by atoms with Crippen LogP contribution in [0.15, 0.2) is 47.4 Å². The first-order valence-electron chi connectivity index (χ1n) is 10.8. The second-order valence-electron chi connectivity index (χ2n) is 8.00. The molecule has 2 aromatic carbocycles. The Morgan fingerprint density at radius 1 is 1.16 bits per heavy atom. The molecule has 1 fully saturated rings. The van der Waals surface area contributed by atoms with Crippen molar-refractivity contribution < 1.29 is 17.9 Å². The van der Waals surface area contributed by atoms with Gasteiger partial charge in [-0.2, -0.15) is 4.31 Å². The molecule has 2 heterocycles. The molecule has 31 heavy (non-hydrogen) atoms. The number of nitrogens with one attached hydrogen (secondary N) is 1. The van der Waals surface area contributed by atoms with Gasteiger partial charge in [0.25, 0.3) is 0 Å². The molecule has 0 saturated carbocycles. The standard InChI is InChI=1S/C23H29N3O4S/c1-3-30-21-11-10-19(15-22(21)31(28,29)25-12-6-7-13-25)24-16-23(27)26-17(2)14-18-8-4-5-9-20(18)26/h4-5,8-11,15,17,24H,3,6-7,12-14,16H2,1-2H3/t17-/m0/s1. The first-order valence-corrected chi connectivity index (χ1v) is 12.3. The highest BCUT2D eigenvalue weighted by atomic mass is 32.2. The zero-order valence-electron chi connectivity index (χ0n) is 18.0. The molecule has 1 atom stereocenters. The van der Waals surface area contributed by atoms with Crippen molar-refractivity contribution in [2.45, 2.75) is 44.0 Å². The predicted octanol–water partition coefficient (Wildman–Crippen LogP) is 3.26. The third-order valence-electron chi connectivity index (χ3n) is 5.85. The van der Waals surface area contributed by atoms with Gasteiger partial charge in [-0.1, -0.05) is 18.2 Å². The number of sulfonamides is 1. The van der Waals surface area contributed by atoms with Crippen LogP contribution in [0.4, 0.5) is 11.4 Å². The number of amides is 1. The number of rotatable bonds is 7. The van der Waals surface area contributed by atoms with E-state index in [9.17, 15) is 13.2 Å². The number of nitrogens with zero attached hydrogens (tertiary/aromatic N) is 2. The number of benzene rings is 2. The van der Waals surface area contributed by atoms with Gasteiger partial charge in [-0.3, -0.25) is 4.79 Å². The van der Waals surface area contributed by atoms with E-state index >= 15 is 0 Å². The van der Waals surface area contributed by atoms with Gasteiger partial charge < -0.3 is 15.0 Å². The van der Waals surface area contributed by atoms with Crippen LogP contribution >= 0.6 is 0 Å². The van der Waals surface area contributed by atoms with Gasteiger partial charge in [0.15, 0.2) is 0 Å². The molecule has 0 radical (unpaired) electrons. The second-order valence-corrected chi connectivity index (χ2v) is 9.91. The summed E-state index contributed by atoms with van der Waals surface area (Å²) in [6, 6.07) is 13.0. The van der Waals surface area contributed by atoms with Crippen molar-refractivity contribution in [3.8, 4) is 5.75 Å². The fraction of sp³-hybridized carbons (Fsp3) is 0.435. The lowest BCUT2D eigenvalue weighted by molar-refractivity contribution is -0.117. The maximum absolute atomic E-state index is 13.2. The molecule has 1 amide bonds. The molecular weight excluding hydrogens is 414 g/mol. The predicted molar refractivity (Wildman–Crippen MR) is 121 cm³/mol. The van der Waals surface area contributed by atoms with Crippen LogP contribution in [0.25, 0.3) is 0 Å². The molecule has 2 aliphatic heterocycles. The first kappa shape index (κ1) is 21.6. The maximum atomic E-state index is 13.2. The average molecular weight is 444 g/mol. The molecule has 1 N–H and O–H groups in total. The normalized spacial score (nSPS) is 18.8. The van der Waals surface area contributed by atoms with E-state index in [1.165, 1.54) is 9.87 Å². The van der Waals surface area contributed by atoms with Crippen LogP contribution in [0, 0.1) is 0 Å². The first-order chi connectivity index (χ1) is 14.9. The van der Waals surface area contributed by atoms with Gasteiger partial charge in [-0.05, 0) is 62.9 Å².